The first kappa shape index (κ1) is 13.0. The summed E-state index contributed by atoms with van der Waals surface area (Å²) in [6.07, 6.45) is 1.93. The van der Waals surface area contributed by atoms with E-state index in [0.29, 0.717) is 0 Å². The lowest BCUT2D eigenvalue weighted by Crippen LogP contribution is -2.39. The molecule has 1 rings (SSSR count). The molecule has 0 atom stereocenters. The number of halogens is 1. The molecule has 0 saturated heterocycles. The smallest absolute Gasteiger partial charge is 0.141 e. The van der Waals surface area contributed by atoms with E-state index in [2.05, 4.69) is 48.4 Å². The van der Waals surface area contributed by atoms with Crippen LogP contribution in [0.15, 0.2) is 41.4 Å². The van der Waals surface area contributed by atoms with Crippen LogP contribution in [0.4, 0.5) is 0 Å². The predicted molar refractivity (Wildman–Crippen MR) is 73.1 cm³/mol. The lowest BCUT2D eigenvalue weighted by Gasteiger charge is -2.25. The van der Waals surface area contributed by atoms with Gasteiger partial charge in [-0.2, -0.15) is 0 Å². The van der Waals surface area contributed by atoms with Crippen molar-refractivity contribution in [3.05, 3.63) is 47.0 Å². The largest absolute Gasteiger partial charge is 0.315 e. The van der Waals surface area contributed by atoms with Crippen LogP contribution < -0.4 is 0 Å². The van der Waals surface area contributed by atoms with Gasteiger partial charge in [0.05, 0.1) is 20.6 Å². The van der Waals surface area contributed by atoms with E-state index in [1.807, 2.05) is 30.3 Å². The molecular weight excluding hydrogens is 262 g/mol. The van der Waals surface area contributed by atoms with Crippen LogP contribution in [-0.2, 0) is 0 Å². The molecule has 0 bridgehead atoms. The van der Waals surface area contributed by atoms with Gasteiger partial charge in [-0.25, -0.2) is 0 Å². The van der Waals surface area contributed by atoms with E-state index in [9.17, 15) is 0 Å². The van der Waals surface area contributed by atoms with Crippen molar-refractivity contribution in [3.8, 4) is 11.8 Å². The van der Waals surface area contributed by atoms with Crippen molar-refractivity contribution < 1.29 is 4.48 Å². The molecule has 1 aromatic carbocycles. The standard InChI is InChI=1S/C14H17BrN/c1-4-11-16(2,3)12-5-6-13-7-9-14(15)10-8-13/h4,7-10H,1,11-12H2,2-3H3/q+1. The number of benzene rings is 1. The first-order valence-corrected chi connectivity index (χ1v) is 6.00. The molecule has 2 heteroatoms. The molecule has 0 amide bonds. The molecule has 16 heavy (non-hydrogen) atoms. The zero-order chi connectivity index (χ0) is 12.0. The van der Waals surface area contributed by atoms with Gasteiger partial charge < -0.3 is 4.48 Å². The molecule has 0 spiro atoms. The van der Waals surface area contributed by atoms with Crippen LogP contribution >= 0.6 is 15.9 Å². The molecule has 84 valence electrons. The van der Waals surface area contributed by atoms with E-state index in [-0.39, 0.29) is 0 Å². The minimum absolute atomic E-state index is 0.835. The van der Waals surface area contributed by atoms with Crippen LogP contribution in [0.25, 0.3) is 0 Å². The van der Waals surface area contributed by atoms with Gasteiger partial charge in [-0.3, -0.25) is 0 Å². The number of hydrogen-bond acceptors (Lipinski definition) is 0. The fraction of sp³-hybridized carbons (Fsp3) is 0.286. The molecule has 1 aromatic rings. The van der Waals surface area contributed by atoms with Gasteiger partial charge >= 0.3 is 0 Å². The zero-order valence-electron chi connectivity index (χ0n) is 9.83. The average molecular weight is 279 g/mol. The van der Waals surface area contributed by atoms with Crippen LogP contribution in [-0.4, -0.2) is 31.7 Å². The Bertz CT molecular complexity index is 407. The summed E-state index contributed by atoms with van der Waals surface area (Å²) in [5, 5.41) is 0. The summed E-state index contributed by atoms with van der Waals surface area (Å²) in [5.74, 6) is 6.37. The average Bonchev–Trinajstić information content (AvgIpc) is 2.20. The maximum atomic E-state index is 3.75. The minimum Gasteiger partial charge on any atom is -0.315 e. The lowest BCUT2D eigenvalue weighted by molar-refractivity contribution is -0.877. The summed E-state index contributed by atoms with van der Waals surface area (Å²) in [4.78, 5) is 0. The number of hydrogen-bond donors (Lipinski definition) is 0. The second kappa shape index (κ2) is 5.89. The van der Waals surface area contributed by atoms with Gasteiger partial charge in [0.1, 0.15) is 6.54 Å². The fourth-order valence-electron chi connectivity index (χ4n) is 1.30. The molecule has 0 N–H and O–H groups in total. The van der Waals surface area contributed by atoms with E-state index in [0.717, 1.165) is 27.6 Å². The number of likely N-dealkylation sites (N-methyl/N-ethyl adjacent to an activating group) is 1. The Morgan fingerprint density at radius 3 is 2.50 bits per heavy atom. The maximum Gasteiger partial charge on any atom is 0.141 e. The maximum absolute atomic E-state index is 3.75. The van der Waals surface area contributed by atoms with Crippen LogP contribution in [0.5, 0.6) is 0 Å². The third-order valence-corrected chi connectivity index (χ3v) is 2.74. The van der Waals surface area contributed by atoms with E-state index < -0.39 is 0 Å². The van der Waals surface area contributed by atoms with Gasteiger partial charge in [0.25, 0.3) is 0 Å². The molecule has 0 fully saturated rings. The zero-order valence-corrected chi connectivity index (χ0v) is 11.4. The highest BCUT2D eigenvalue weighted by atomic mass is 79.9. The normalized spacial score (nSPS) is 10.4. The Hall–Kier alpha value is -1.04. The molecule has 1 nitrogen and oxygen atoms in total. The molecule has 0 radical (unpaired) electrons. The van der Waals surface area contributed by atoms with Gasteiger partial charge in [-0.05, 0) is 36.3 Å². The van der Waals surface area contributed by atoms with Crippen molar-refractivity contribution in [1.29, 1.82) is 0 Å². The van der Waals surface area contributed by atoms with Gasteiger partial charge in [0.15, 0.2) is 0 Å². The van der Waals surface area contributed by atoms with Gasteiger partial charge in [0, 0.05) is 10.0 Å². The molecular formula is C14H17BrN+. The van der Waals surface area contributed by atoms with Gasteiger partial charge in [-0.15, -0.1) is 0 Å². The number of nitrogens with zero attached hydrogens (tertiary/aromatic N) is 1. The van der Waals surface area contributed by atoms with Crippen molar-refractivity contribution in [2.75, 3.05) is 27.2 Å². The van der Waals surface area contributed by atoms with Crippen molar-refractivity contribution in [3.63, 3.8) is 0 Å². The van der Waals surface area contributed by atoms with E-state index >= 15 is 0 Å². The van der Waals surface area contributed by atoms with Crippen LogP contribution in [0.1, 0.15) is 5.56 Å². The van der Waals surface area contributed by atoms with Gasteiger partial charge in [-0.1, -0.05) is 28.4 Å². The summed E-state index contributed by atoms with van der Waals surface area (Å²) in [7, 11) is 4.30. The lowest BCUT2D eigenvalue weighted by atomic mass is 10.2. The van der Waals surface area contributed by atoms with E-state index in [1.165, 1.54) is 0 Å². The first-order valence-electron chi connectivity index (χ1n) is 5.21. The van der Waals surface area contributed by atoms with Crippen LogP contribution in [0, 0.1) is 11.8 Å². The summed E-state index contributed by atoms with van der Waals surface area (Å²) >= 11 is 3.40. The van der Waals surface area contributed by atoms with Crippen molar-refractivity contribution in [2.45, 2.75) is 0 Å². The Morgan fingerprint density at radius 2 is 1.94 bits per heavy atom. The Morgan fingerprint density at radius 1 is 1.31 bits per heavy atom. The monoisotopic (exact) mass is 278 g/mol. The van der Waals surface area contributed by atoms with Crippen molar-refractivity contribution in [1.82, 2.24) is 0 Å². The first-order chi connectivity index (χ1) is 7.53. The molecule has 0 aliphatic carbocycles. The summed E-state index contributed by atoms with van der Waals surface area (Å²) in [5.41, 5.74) is 1.06. The van der Waals surface area contributed by atoms with Gasteiger partial charge in [0.2, 0.25) is 0 Å². The highest BCUT2D eigenvalue weighted by Crippen LogP contribution is 2.09. The third kappa shape index (κ3) is 4.65. The van der Waals surface area contributed by atoms with Crippen LogP contribution in [0.3, 0.4) is 0 Å². The van der Waals surface area contributed by atoms with E-state index in [1.54, 1.807) is 0 Å². The predicted octanol–water partition coefficient (Wildman–Crippen LogP) is 3.06. The minimum atomic E-state index is 0.835. The molecule has 0 aliphatic rings. The quantitative estimate of drug-likeness (QED) is 0.453. The summed E-state index contributed by atoms with van der Waals surface area (Å²) in [6, 6.07) is 8.05. The number of quaternary nitrogens is 1. The molecule has 0 heterocycles. The Kier molecular flexibility index (Phi) is 4.79. The summed E-state index contributed by atoms with van der Waals surface area (Å²) in [6.45, 7) is 5.53. The number of rotatable bonds is 3. The second-order valence-electron chi connectivity index (χ2n) is 4.37. The second-order valence-corrected chi connectivity index (χ2v) is 5.29. The SMILES string of the molecule is C=CC[N+](C)(C)CC#Cc1ccc(Br)cc1. The molecule has 0 aromatic heterocycles. The van der Waals surface area contributed by atoms with E-state index in [4.69, 9.17) is 0 Å². The fourth-order valence-corrected chi connectivity index (χ4v) is 1.57. The Balaban J connectivity index is 2.61. The van der Waals surface area contributed by atoms with Crippen LogP contribution in [0.2, 0.25) is 0 Å². The summed E-state index contributed by atoms with van der Waals surface area (Å²) < 4.78 is 1.94. The molecule has 0 unspecified atom stereocenters. The topological polar surface area (TPSA) is 0 Å². The van der Waals surface area contributed by atoms with Crippen molar-refractivity contribution in [2.24, 2.45) is 0 Å². The highest BCUT2D eigenvalue weighted by Gasteiger charge is 2.09. The Labute approximate surface area is 106 Å². The molecule has 0 aliphatic heterocycles. The highest BCUT2D eigenvalue weighted by molar-refractivity contribution is 9.10. The third-order valence-electron chi connectivity index (χ3n) is 2.21. The van der Waals surface area contributed by atoms with Crippen molar-refractivity contribution >= 4 is 15.9 Å². The molecule has 0 saturated carbocycles.